The van der Waals surface area contributed by atoms with Crippen molar-refractivity contribution in [1.82, 2.24) is 24.3 Å². The molecule has 0 atom stereocenters. The molecular formula is C11H14IN5O. The Labute approximate surface area is 118 Å². The van der Waals surface area contributed by atoms with Crippen molar-refractivity contribution in [3.05, 3.63) is 38.1 Å². The lowest BCUT2D eigenvalue weighted by Crippen LogP contribution is -2.26. The van der Waals surface area contributed by atoms with Crippen LogP contribution in [-0.4, -0.2) is 24.3 Å². The predicted molar refractivity (Wildman–Crippen MR) is 75.4 cm³/mol. The summed E-state index contributed by atoms with van der Waals surface area (Å²) in [5.41, 5.74) is 0.723. The van der Waals surface area contributed by atoms with Crippen molar-refractivity contribution < 1.29 is 0 Å². The van der Waals surface area contributed by atoms with Crippen LogP contribution < -0.4 is 5.56 Å². The zero-order valence-electron chi connectivity index (χ0n) is 10.3. The molecule has 0 N–H and O–H groups in total. The van der Waals surface area contributed by atoms with Crippen molar-refractivity contribution >= 4 is 22.6 Å². The van der Waals surface area contributed by atoms with Crippen LogP contribution in [0.1, 0.15) is 24.9 Å². The van der Waals surface area contributed by atoms with E-state index in [1.165, 1.54) is 6.33 Å². The van der Waals surface area contributed by atoms with Crippen molar-refractivity contribution in [1.29, 1.82) is 0 Å². The van der Waals surface area contributed by atoms with E-state index in [9.17, 15) is 4.79 Å². The minimum Gasteiger partial charge on any atom is -0.291 e. The molecule has 0 bridgehead atoms. The van der Waals surface area contributed by atoms with E-state index in [0.717, 1.165) is 24.5 Å². The van der Waals surface area contributed by atoms with Gasteiger partial charge in [-0.1, -0.05) is 6.92 Å². The second kappa shape index (κ2) is 5.59. The Balaban J connectivity index is 2.32. The Hall–Kier alpha value is -1.25. The average Bonchev–Trinajstić information content (AvgIpc) is 2.78. The molecule has 96 valence electrons. The quantitative estimate of drug-likeness (QED) is 0.770. The number of rotatable bonds is 4. The SMILES string of the molecule is CCCn1ncnc1Cn1cnc(C)c(I)c1=O. The van der Waals surface area contributed by atoms with Crippen molar-refractivity contribution in [2.24, 2.45) is 0 Å². The largest absolute Gasteiger partial charge is 0.291 e. The smallest absolute Gasteiger partial charge is 0.267 e. The van der Waals surface area contributed by atoms with Crippen molar-refractivity contribution in [3.8, 4) is 0 Å². The molecule has 0 saturated heterocycles. The molecule has 0 saturated carbocycles. The van der Waals surface area contributed by atoms with Crippen LogP contribution in [0, 0.1) is 10.5 Å². The fraction of sp³-hybridized carbons (Fsp3) is 0.455. The van der Waals surface area contributed by atoms with Crippen LogP contribution in [-0.2, 0) is 13.1 Å². The van der Waals surface area contributed by atoms with Gasteiger partial charge in [0.15, 0.2) is 0 Å². The maximum atomic E-state index is 12.0. The van der Waals surface area contributed by atoms with Crippen LogP contribution in [0.25, 0.3) is 0 Å². The van der Waals surface area contributed by atoms with Crippen LogP contribution in [0.15, 0.2) is 17.4 Å². The summed E-state index contributed by atoms with van der Waals surface area (Å²) in [4.78, 5) is 20.4. The summed E-state index contributed by atoms with van der Waals surface area (Å²) in [5.74, 6) is 0.778. The minimum absolute atomic E-state index is 0.0332. The molecule has 0 aliphatic carbocycles. The summed E-state index contributed by atoms with van der Waals surface area (Å²) in [6.07, 6.45) is 4.06. The number of hydrogen-bond donors (Lipinski definition) is 0. The first kappa shape index (κ1) is 13.2. The van der Waals surface area contributed by atoms with Gasteiger partial charge in [0.05, 0.1) is 22.1 Å². The Morgan fingerprint density at radius 3 is 2.89 bits per heavy atom. The van der Waals surface area contributed by atoms with Gasteiger partial charge in [-0.05, 0) is 35.9 Å². The van der Waals surface area contributed by atoms with Gasteiger partial charge in [-0.2, -0.15) is 5.10 Å². The Kier molecular flexibility index (Phi) is 4.10. The maximum absolute atomic E-state index is 12.0. The molecule has 0 aromatic carbocycles. The van der Waals surface area contributed by atoms with Crippen LogP contribution in [0.2, 0.25) is 0 Å². The van der Waals surface area contributed by atoms with Gasteiger partial charge in [0.25, 0.3) is 5.56 Å². The molecule has 2 aromatic rings. The summed E-state index contributed by atoms with van der Waals surface area (Å²) in [6.45, 7) is 5.11. The van der Waals surface area contributed by atoms with Crippen molar-refractivity contribution in [2.75, 3.05) is 0 Å². The molecule has 2 aromatic heterocycles. The number of hydrogen-bond acceptors (Lipinski definition) is 4. The highest BCUT2D eigenvalue weighted by Gasteiger charge is 2.09. The van der Waals surface area contributed by atoms with E-state index in [1.807, 2.05) is 34.2 Å². The lowest BCUT2D eigenvalue weighted by molar-refractivity contribution is 0.547. The topological polar surface area (TPSA) is 65.6 Å². The molecule has 0 aliphatic heterocycles. The molecule has 0 fully saturated rings. The molecule has 0 unspecified atom stereocenters. The lowest BCUT2D eigenvalue weighted by Gasteiger charge is -2.07. The normalized spacial score (nSPS) is 10.8. The predicted octanol–water partition coefficient (Wildman–Crippen LogP) is 1.21. The number of nitrogens with zero attached hydrogens (tertiary/aromatic N) is 5. The summed E-state index contributed by atoms with van der Waals surface area (Å²) < 4.78 is 4.03. The number of aryl methyl sites for hydroxylation is 2. The van der Waals surface area contributed by atoms with Crippen molar-refractivity contribution in [2.45, 2.75) is 33.4 Å². The minimum atomic E-state index is -0.0332. The van der Waals surface area contributed by atoms with Crippen molar-refractivity contribution in [3.63, 3.8) is 0 Å². The summed E-state index contributed by atoms with van der Waals surface area (Å²) >= 11 is 2.02. The third-order valence-electron chi connectivity index (χ3n) is 2.60. The highest BCUT2D eigenvalue weighted by atomic mass is 127. The van der Waals surface area contributed by atoms with E-state index in [1.54, 1.807) is 10.9 Å². The van der Waals surface area contributed by atoms with E-state index in [4.69, 9.17) is 0 Å². The highest BCUT2D eigenvalue weighted by molar-refractivity contribution is 14.1. The van der Waals surface area contributed by atoms with Gasteiger partial charge in [-0.25, -0.2) is 14.6 Å². The zero-order chi connectivity index (χ0) is 13.1. The Morgan fingerprint density at radius 2 is 2.17 bits per heavy atom. The molecule has 2 heterocycles. The number of aromatic nitrogens is 5. The highest BCUT2D eigenvalue weighted by Crippen LogP contribution is 2.03. The first-order valence-corrected chi connectivity index (χ1v) is 6.79. The third-order valence-corrected chi connectivity index (χ3v) is 3.84. The van der Waals surface area contributed by atoms with E-state index in [-0.39, 0.29) is 5.56 Å². The van der Waals surface area contributed by atoms with E-state index in [0.29, 0.717) is 10.1 Å². The van der Waals surface area contributed by atoms with Gasteiger partial charge in [0.1, 0.15) is 12.2 Å². The van der Waals surface area contributed by atoms with Gasteiger partial charge in [-0.3, -0.25) is 9.36 Å². The summed E-state index contributed by atoms with van der Waals surface area (Å²) in [7, 11) is 0. The molecule has 6 nitrogen and oxygen atoms in total. The molecule has 0 spiro atoms. The Bertz CT molecular complexity index is 604. The molecule has 18 heavy (non-hydrogen) atoms. The first-order chi connectivity index (χ1) is 8.63. The fourth-order valence-corrected chi connectivity index (χ4v) is 2.07. The van der Waals surface area contributed by atoms with Gasteiger partial charge < -0.3 is 0 Å². The van der Waals surface area contributed by atoms with Gasteiger partial charge in [-0.15, -0.1) is 0 Å². The van der Waals surface area contributed by atoms with E-state index in [2.05, 4.69) is 22.0 Å². The van der Waals surface area contributed by atoms with Crippen LogP contribution in [0.5, 0.6) is 0 Å². The molecule has 0 aliphatic rings. The molecule has 7 heteroatoms. The standard InChI is InChI=1S/C11H14IN5O/c1-3-4-17-9(13-6-15-17)5-16-7-14-8(2)10(12)11(16)18/h6-7H,3-5H2,1-2H3. The second-order valence-electron chi connectivity index (χ2n) is 3.98. The average molecular weight is 359 g/mol. The summed E-state index contributed by atoms with van der Waals surface area (Å²) in [5, 5.41) is 4.14. The number of halogens is 1. The fourth-order valence-electron chi connectivity index (χ4n) is 1.62. The molecule has 0 amide bonds. The van der Waals surface area contributed by atoms with Crippen LogP contribution in [0.3, 0.4) is 0 Å². The van der Waals surface area contributed by atoms with Gasteiger partial charge in [0, 0.05) is 6.54 Å². The lowest BCUT2D eigenvalue weighted by atomic mass is 10.4. The van der Waals surface area contributed by atoms with E-state index >= 15 is 0 Å². The molecular weight excluding hydrogens is 345 g/mol. The first-order valence-electron chi connectivity index (χ1n) is 5.71. The second-order valence-corrected chi connectivity index (χ2v) is 5.06. The molecule has 0 radical (unpaired) electrons. The van der Waals surface area contributed by atoms with Crippen LogP contribution >= 0.6 is 22.6 Å². The molecule has 2 rings (SSSR count). The zero-order valence-corrected chi connectivity index (χ0v) is 12.5. The maximum Gasteiger partial charge on any atom is 0.267 e. The monoisotopic (exact) mass is 359 g/mol. The third kappa shape index (κ3) is 2.60. The Morgan fingerprint density at radius 1 is 1.39 bits per heavy atom. The summed E-state index contributed by atoms with van der Waals surface area (Å²) in [6, 6.07) is 0. The van der Waals surface area contributed by atoms with E-state index < -0.39 is 0 Å². The van der Waals surface area contributed by atoms with Crippen LogP contribution in [0.4, 0.5) is 0 Å². The van der Waals surface area contributed by atoms with Gasteiger partial charge >= 0.3 is 0 Å². The van der Waals surface area contributed by atoms with Gasteiger partial charge in [0.2, 0.25) is 0 Å².